The molecule has 2 aromatic heterocycles. The maximum Gasteiger partial charge on any atom is 0.137 e. The van der Waals surface area contributed by atoms with Crippen molar-refractivity contribution < 1.29 is 4.74 Å². The van der Waals surface area contributed by atoms with Gasteiger partial charge in [-0.25, -0.2) is 4.98 Å². The fourth-order valence-electron chi connectivity index (χ4n) is 7.22. The van der Waals surface area contributed by atoms with Gasteiger partial charge in [0.15, 0.2) is 0 Å². The third kappa shape index (κ3) is 7.19. The average molecular weight is 705 g/mol. The summed E-state index contributed by atoms with van der Waals surface area (Å²) in [6, 6.07) is 35.0. The summed E-state index contributed by atoms with van der Waals surface area (Å²) in [5.74, 6) is 2.49. The molecule has 274 valence electrons. The van der Waals surface area contributed by atoms with Crippen molar-refractivity contribution in [1.29, 1.82) is 0 Å². The van der Waals surface area contributed by atoms with Crippen LogP contribution in [0.1, 0.15) is 99.8 Å². The summed E-state index contributed by atoms with van der Waals surface area (Å²) in [6.45, 7) is 28.1. The minimum Gasteiger partial charge on any atom is -0.457 e. The molecule has 0 radical (unpaired) electrons. The Bertz CT molecular complexity index is 2320. The van der Waals surface area contributed by atoms with Gasteiger partial charge in [-0.2, -0.15) is 0 Å². The highest BCUT2D eigenvalue weighted by Gasteiger charge is 2.32. The van der Waals surface area contributed by atoms with Gasteiger partial charge >= 0.3 is 0 Å². The number of allylic oxidation sites excluding steroid dienone is 1. The predicted molar refractivity (Wildman–Crippen MR) is 225 cm³/mol. The van der Waals surface area contributed by atoms with E-state index in [2.05, 4.69) is 195 Å². The Morgan fingerprint density at radius 3 is 1.83 bits per heavy atom. The molecule has 0 atom stereocenters. The van der Waals surface area contributed by atoms with Crippen molar-refractivity contribution in [2.45, 2.75) is 99.3 Å². The van der Waals surface area contributed by atoms with E-state index in [-0.39, 0.29) is 21.7 Å². The largest absolute Gasteiger partial charge is 0.457 e. The molecule has 1 aliphatic heterocycles. The summed E-state index contributed by atoms with van der Waals surface area (Å²) in [7, 11) is 0. The second-order valence-electron chi connectivity index (χ2n) is 18.9. The van der Waals surface area contributed by atoms with E-state index in [4.69, 9.17) is 9.72 Å². The maximum absolute atomic E-state index is 6.70. The van der Waals surface area contributed by atoms with E-state index < -0.39 is 0 Å². The number of hydrogen-bond acceptors (Lipinski definition) is 4. The van der Waals surface area contributed by atoms with Crippen molar-refractivity contribution >= 4 is 33.2 Å². The van der Waals surface area contributed by atoms with Crippen molar-refractivity contribution in [3.8, 4) is 17.3 Å². The first-order chi connectivity index (χ1) is 24.8. The lowest BCUT2D eigenvalue weighted by Crippen LogP contribution is -2.30. The van der Waals surface area contributed by atoms with Gasteiger partial charge in [0.1, 0.15) is 17.3 Å². The minimum atomic E-state index is -0.0725. The number of fused-ring (bicyclic) bond motifs is 3. The van der Waals surface area contributed by atoms with E-state index in [9.17, 15) is 0 Å². The number of hydrogen-bond donors (Lipinski definition) is 0. The molecular weight excluding hydrogens is 649 g/mol. The van der Waals surface area contributed by atoms with E-state index in [1.165, 1.54) is 38.8 Å². The van der Waals surface area contributed by atoms with Gasteiger partial charge in [0, 0.05) is 57.8 Å². The molecule has 0 fully saturated rings. The Morgan fingerprint density at radius 1 is 0.528 bits per heavy atom. The molecule has 3 heterocycles. The fourth-order valence-corrected chi connectivity index (χ4v) is 7.22. The maximum atomic E-state index is 6.70. The molecule has 4 aromatic carbocycles. The lowest BCUT2D eigenvalue weighted by Gasteiger charge is -2.31. The molecule has 0 spiro atoms. The fraction of sp³-hybridized carbons (Fsp3) is 0.354. The summed E-state index contributed by atoms with van der Waals surface area (Å²) >= 11 is 0. The van der Waals surface area contributed by atoms with Crippen LogP contribution in [0, 0.1) is 5.41 Å². The second-order valence-corrected chi connectivity index (χ2v) is 18.9. The molecule has 5 heteroatoms. The number of benzene rings is 4. The van der Waals surface area contributed by atoms with Gasteiger partial charge in [-0.3, -0.25) is 4.57 Å². The van der Waals surface area contributed by atoms with Crippen molar-refractivity contribution in [2.75, 3.05) is 16.5 Å². The summed E-state index contributed by atoms with van der Waals surface area (Å²) in [5, 5.41) is 2.37. The first-order valence-corrected chi connectivity index (χ1v) is 19.0. The third-order valence-electron chi connectivity index (χ3n) is 10.5. The van der Waals surface area contributed by atoms with Crippen LogP contribution in [0.2, 0.25) is 0 Å². The SMILES string of the molecule is CC(C)(C)C1=CN(c2cc(C(C)(C)C)cc(C(C)(C)C)c2)CN1c1cccc(Oc2ccc3c4ccccc4n(-c4cc(C(C)(C)C)ccn4)c3c2)c1. The van der Waals surface area contributed by atoms with E-state index >= 15 is 0 Å². The molecule has 7 rings (SSSR count). The molecule has 0 N–H and O–H groups in total. The van der Waals surface area contributed by atoms with E-state index in [1.54, 1.807) is 0 Å². The zero-order valence-corrected chi connectivity index (χ0v) is 33.8. The summed E-state index contributed by atoms with van der Waals surface area (Å²) in [5.41, 5.74) is 9.78. The minimum absolute atomic E-state index is 0.00990. The zero-order valence-electron chi connectivity index (χ0n) is 33.8. The van der Waals surface area contributed by atoms with E-state index in [0.29, 0.717) is 0 Å². The summed E-state index contributed by atoms with van der Waals surface area (Å²) in [4.78, 5) is 9.70. The van der Waals surface area contributed by atoms with Crippen LogP contribution in [-0.2, 0) is 16.2 Å². The molecular formula is C48H56N4O. The van der Waals surface area contributed by atoms with Crippen LogP contribution >= 0.6 is 0 Å². The van der Waals surface area contributed by atoms with Crippen LogP contribution < -0.4 is 14.5 Å². The molecule has 0 aliphatic carbocycles. The van der Waals surface area contributed by atoms with Crippen LogP contribution in [0.15, 0.2) is 115 Å². The Hall–Kier alpha value is -5.03. The van der Waals surface area contributed by atoms with E-state index in [1.807, 2.05) is 12.3 Å². The van der Waals surface area contributed by atoms with Gasteiger partial charge in [-0.15, -0.1) is 0 Å². The molecule has 5 nitrogen and oxygen atoms in total. The lowest BCUT2D eigenvalue weighted by atomic mass is 9.80. The molecule has 0 saturated carbocycles. The normalized spacial score (nSPS) is 14.4. The van der Waals surface area contributed by atoms with Crippen molar-refractivity contribution in [2.24, 2.45) is 5.41 Å². The number of para-hydroxylation sites is 1. The van der Waals surface area contributed by atoms with Crippen LogP contribution in [-0.4, -0.2) is 16.2 Å². The molecule has 0 unspecified atom stereocenters. The Kier molecular flexibility index (Phi) is 8.79. The molecule has 0 saturated heterocycles. The topological polar surface area (TPSA) is 33.5 Å². The number of pyridine rings is 1. The van der Waals surface area contributed by atoms with Gasteiger partial charge in [0.05, 0.1) is 17.7 Å². The van der Waals surface area contributed by atoms with Crippen molar-refractivity contribution in [3.63, 3.8) is 0 Å². The number of rotatable bonds is 5. The quantitative estimate of drug-likeness (QED) is 0.179. The van der Waals surface area contributed by atoms with Gasteiger partial charge in [0.2, 0.25) is 0 Å². The number of nitrogens with zero attached hydrogens (tertiary/aromatic N) is 4. The third-order valence-corrected chi connectivity index (χ3v) is 10.5. The van der Waals surface area contributed by atoms with Crippen LogP contribution in [0.5, 0.6) is 11.5 Å². The predicted octanol–water partition coefficient (Wildman–Crippen LogP) is 13.0. The summed E-state index contributed by atoms with van der Waals surface area (Å²) < 4.78 is 8.96. The highest BCUT2D eigenvalue weighted by atomic mass is 16.5. The van der Waals surface area contributed by atoms with Gasteiger partial charge in [-0.1, -0.05) is 113 Å². The standard InChI is InChI=1S/C48H56N4O/c1-45(2,3)32-22-23-49-44(27-32)52-41-19-14-13-18-39(41)40-21-20-38(29-42(40)52)53-37-17-15-16-35(28-37)51-31-50(30-43(51)48(10,11)12)36-25-33(46(4,5)6)24-34(26-36)47(7,8)9/h13-30H,31H2,1-12H3. The zero-order chi connectivity index (χ0) is 38.1. The summed E-state index contributed by atoms with van der Waals surface area (Å²) in [6.07, 6.45) is 4.27. The smallest absolute Gasteiger partial charge is 0.137 e. The molecule has 1 aliphatic rings. The average Bonchev–Trinajstić information content (AvgIpc) is 3.68. The first kappa shape index (κ1) is 36.3. The van der Waals surface area contributed by atoms with Gasteiger partial charge in [-0.05, 0) is 87.5 Å². The lowest BCUT2D eigenvalue weighted by molar-refractivity contribution is 0.481. The number of ether oxygens (including phenoxy) is 1. The Morgan fingerprint density at radius 2 is 1.17 bits per heavy atom. The molecule has 0 bridgehead atoms. The second kappa shape index (κ2) is 12.8. The molecule has 53 heavy (non-hydrogen) atoms. The van der Waals surface area contributed by atoms with Crippen molar-refractivity contribution in [3.05, 3.63) is 132 Å². The highest BCUT2D eigenvalue weighted by molar-refractivity contribution is 6.09. The van der Waals surface area contributed by atoms with Crippen LogP contribution in [0.3, 0.4) is 0 Å². The molecule has 6 aromatic rings. The molecule has 0 amide bonds. The number of anilines is 2. The van der Waals surface area contributed by atoms with Crippen molar-refractivity contribution in [1.82, 2.24) is 9.55 Å². The van der Waals surface area contributed by atoms with E-state index in [0.717, 1.165) is 40.7 Å². The Labute approximate surface area is 316 Å². The number of aromatic nitrogens is 2. The monoisotopic (exact) mass is 704 g/mol. The van der Waals surface area contributed by atoms with Crippen LogP contribution in [0.25, 0.3) is 27.6 Å². The first-order valence-electron chi connectivity index (χ1n) is 19.0. The Balaban J connectivity index is 1.25. The highest BCUT2D eigenvalue weighted by Crippen LogP contribution is 2.42. The van der Waals surface area contributed by atoms with Crippen LogP contribution in [0.4, 0.5) is 11.4 Å². The van der Waals surface area contributed by atoms with Gasteiger partial charge < -0.3 is 14.5 Å². The van der Waals surface area contributed by atoms with Gasteiger partial charge in [0.25, 0.3) is 0 Å².